The zero-order chi connectivity index (χ0) is 63.0. The molecule has 0 atom stereocenters. The molecule has 7 nitrogen and oxygen atoms in total. The van der Waals surface area contributed by atoms with E-state index in [0.717, 1.165) is 28.9 Å². The van der Waals surface area contributed by atoms with Crippen LogP contribution in [-0.2, 0) is 40.4 Å². The van der Waals surface area contributed by atoms with E-state index in [0.29, 0.717) is 0 Å². The monoisotopic (exact) mass is 1420 g/mol. The van der Waals surface area contributed by atoms with Gasteiger partial charge in [-0.15, -0.1) is 0 Å². The molecule has 1 aliphatic carbocycles. The average molecular weight is 1420 g/mol. The molecule has 0 spiro atoms. The molecule has 0 saturated carbocycles. The number of rotatable bonds is 2. The van der Waals surface area contributed by atoms with Crippen LogP contribution >= 0.6 is 0 Å². The molecule has 6 rings (SSSR count). The number of pyridine rings is 3. The van der Waals surface area contributed by atoms with Crippen molar-refractivity contribution < 1.29 is 40.4 Å². The van der Waals surface area contributed by atoms with Crippen molar-refractivity contribution in [2.45, 2.75) is 263 Å². The van der Waals surface area contributed by atoms with Gasteiger partial charge in [-0.25, -0.2) is 19.9 Å². The fourth-order valence-electron chi connectivity index (χ4n) is 2.74. The van der Waals surface area contributed by atoms with Crippen molar-refractivity contribution >= 4 is 4.40 Å². The van der Waals surface area contributed by atoms with Crippen LogP contribution in [0.15, 0.2) is 140 Å². The number of hydrogen-bond acceptors (Lipinski definition) is 7. The summed E-state index contributed by atoms with van der Waals surface area (Å²) in [5.41, 5.74) is 8.12. The van der Waals surface area contributed by atoms with Gasteiger partial charge in [0.2, 0.25) is 0 Å². The molecule has 5 aromatic rings. The minimum absolute atomic E-state index is 0. The van der Waals surface area contributed by atoms with Crippen LogP contribution in [-0.4, -0.2) is 39.3 Å². The minimum atomic E-state index is 0. The fourth-order valence-corrected chi connectivity index (χ4v) is 3.68. The molecular formula is C68H136N7W2-. The molecule has 77 heavy (non-hydrogen) atoms. The van der Waals surface area contributed by atoms with Gasteiger partial charge < -0.3 is 0 Å². The Morgan fingerprint density at radius 1 is 0.442 bits per heavy atom. The van der Waals surface area contributed by atoms with E-state index in [2.05, 4.69) is 64.4 Å². The summed E-state index contributed by atoms with van der Waals surface area (Å²) in [6, 6.07) is 15.6. The van der Waals surface area contributed by atoms with E-state index >= 15 is 0 Å². The third kappa shape index (κ3) is 167. The molecule has 5 heterocycles. The molecule has 456 valence electrons. The standard InChI is InChI=1S/3C6H7N.C6H8.2C5H6N2.C5H7.14C2H6.CH4.2W/c1-6-2-4-7-5-3-6;1-6-3-2-4-7-5-6;1-6-4-2-3-5-7-6;1-6-4-2-3-5-6;1-5-2-6-4-7-3-5;1-5-2-3-6-4-7-5;1-4-5(2)3;14*1-2;;;/h3*2-5H,1H3;2-4H,5H2,1H3;2*2-4H,1H3;1-2H,4H2,3H3;14*1-2H3;1H4;;/q;;;;;;-1;;;;;;;;;;;;;;;;;. The Hall–Kier alpha value is -3.92. The summed E-state index contributed by atoms with van der Waals surface area (Å²) in [4.78, 5) is 26.9. The zero-order valence-corrected chi connectivity index (χ0v) is 63.0. The van der Waals surface area contributed by atoms with Crippen molar-refractivity contribution in [3.05, 3.63) is 175 Å². The Morgan fingerprint density at radius 3 is 0.987 bits per heavy atom. The number of hydrogen-bond donors (Lipinski definition) is 0. The Bertz CT molecular complexity index is 1290. The molecule has 0 saturated heterocycles. The molecule has 0 radical (unpaired) electrons. The van der Waals surface area contributed by atoms with Gasteiger partial charge in [-0.05, 0) is 101 Å². The number of aryl methyl sites for hydroxylation is 5. The first-order valence-corrected chi connectivity index (χ1v) is 30.7. The van der Waals surface area contributed by atoms with Gasteiger partial charge in [0.15, 0.2) is 0 Å². The largest absolute Gasteiger partial charge is 0 e. The maximum absolute atomic E-state index is 5.30. The quantitative estimate of drug-likeness (QED) is 0.163. The molecule has 5 aromatic heterocycles. The minimum Gasteiger partial charge on any atom is 0 e. The van der Waals surface area contributed by atoms with Crippen molar-refractivity contribution in [2.24, 2.45) is 0 Å². The van der Waals surface area contributed by atoms with Crippen LogP contribution in [0.4, 0.5) is 0 Å². The van der Waals surface area contributed by atoms with Crippen LogP contribution in [0.2, 0.25) is 0 Å². The van der Waals surface area contributed by atoms with Crippen LogP contribution in [0.3, 0.4) is 0 Å². The molecule has 0 aromatic carbocycles. The molecule has 0 N–H and O–H groups in total. The summed E-state index contributed by atoms with van der Waals surface area (Å²) in [5, 5.41) is 0. The fraction of sp³-hybridized carbons (Fsp3) is 0.559. The summed E-state index contributed by atoms with van der Waals surface area (Å²) in [6.45, 7) is 75.3. The second-order valence-electron chi connectivity index (χ2n) is 10.2. The van der Waals surface area contributed by atoms with Crippen LogP contribution in [0.25, 0.3) is 0 Å². The first kappa shape index (κ1) is 121. The summed E-state index contributed by atoms with van der Waals surface area (Å²) < 4.78 is 2.12. The van der Waals surface area contributed by atoms with Gasteiger partial charge in [0.05, 0.1) is 0 Å². The van der Waals surface area contributed by atoms with Crippen molar-refractivity contribution in [1.82, 2.24) is 34.9 Å². The van der Waals surface area contributed by atoms with Crippen LogP contribution < -0.4 is 0 Å². The smallest absolute Gasteiger partial charge is 0 e. The molecular weight excluding hydrogens is 1280 g/mol. The van der Waals surface area contributed by atoms with Gasteiger partial charge in [0.1, 0.15) is 12.7 Å². The zero-order valence-electron chi connectivity index (χ0n) is 57.1. The van der Waals surface area contributed by atoms with Gasteiger partial charge in [-0.2, -0.15) is 0 Å². The van der Waals surface area contributed by atoms with Crippen LogP contribution in [0, 0.1) is 41.2 Å². The maximum Gasteiger partial charge on any atom is 0 e. The van der Waals surface area contributed by atoms with E-state index in [1.54, 1.807) is 43.4 Å². The summed E-state index contributed by atoms with van der Waals surface area (Å²) in [5.74, 6) is 0. The molecule has 0 aliphatic heterocycles. The van der Waals surface area contributed by atoms with Gasteiger partial charge in [-0.1, -0.05) is 237 Å². The first-order valence-electron chi connectivity index (χ1n) is 29.0. The number of allylic oxidation sites excluding steroid dienone is 5. The molecule has 0 unspecified atom stereocenters. The average Bonchev–Trinajstić information content (AvgIpc) is 4.01. The van der Waals surface area contributed by atoms with E-state index in [-0.39, 0.29) is 28.5 Å². The Morgan fingerprint density at radius 2 is 0.844 bits per heavy atom. The van der Waals surface area contributed by atoms with Crippen molar-refractivity contribution in [2.75, 3.05) is 0 Å². The van der Waals surface area contributed by atoms with E-state index < -0.39 is 0 Å². The normalized spacial score (nSPS) is 7.08. The predicted octanol–water partition coefficient (Wildman–Crippen LogP) is 23.7. The summed E-state index contributed by atoms with van der Waals surface area (Å²) in [7, 11) is 0. The third-order valence-corrected chi connectivity index (χ3v) is 5.85. The summed E-state index contributed by atoms with van der Waals surface area (Å²) >= 11 is 1.50. The van der Waals surface area contributed by atoms with Gasteiger partial charge in [-0.3, -0.25) is 15.0 Å². The SMILES string of the molecule is C.CC.CC.CC.CC.CC.CC.CC.CC.CC.CC.CC.CC.CC.CC.CC1=CC=CC1.Cc1ccccn1.Cc1cccnc1.Cc1ccncc1.Cc1ccncn1.Cc1cncnc1.[CH-]=C(C)C[CH]=[W].[W]. The van der Waals surface area contributed by atoms with E-state index in [4.69, 9.17) is 6.58 Å². The van der Waals surface area contributed by atoms with Crippen LogP contribution in [0.5, 0.6) is 0 Å². The molecule has 0 bridgehead atoms. The van der Waals surface area contributed by atoms with Crippen molar-refractivity contribution in [3.8, 4) is 0 Å². The third-order valence-electron chi connectivity index (χ3n) is 5.25. The Balaban J connectivity index is -0.0000000337. The van der Waals surface area contributed by atoms with Gasteiger partial charge in [0.25, 0.3) is 0 Å². The van der Waals surface area contributed by atoms with E-state index in [1.165, 1.54) is 55.1 Å². The topological polar surface area (TPSA) is 90.2 Å². The Labute approximate surface area is 513 Å². The van der Waals surface area contributed by atoms with Gasteiger partial charge in [0, 0.05) is 82.0 Å². The molecule has 0 amide bonds. The Kier molecular flexibility index (Phi) is 247. The summed E-state index contributed by atoms with van der Waals surface area (Å²) in [6.07, 6.45) is 25.8. The molecule has 0 fully saturated rings. The van der Waals surface area contributed by atoms with E-state index in [1.807, 2.05) is 290 Å². The van der Waals surface area contributed by atoms with Crippen molar-refractivity contribution in [3.63, 3.8) is 0 Å². The number of aromatic nitrogens is 7. The number of nitrogens with zero attached hydrogens (tertiary/aromatic N) is 7. The molecule has 9 heteroatoms. The van der Waals surface area contributed by atoms with Crippen molar-refractivity contribution in [1.29, 1.82) is 0 Å². The van der Waals surface area contributed by atoms with Gasteiger partial charge >= 0.3 is 49.3 Å². The second-order valence-corrected chi connectivity index (χ2v) is 11.4. The molecule has 1 aliphatic rings. The predicted molar refractivity (Wildman–Crippen MR) is 358 cm³/mol. The van der Waals surface area contributed by atoms with E-state index in [9.17, 15) is 0 Å². The van der Waals surface area contributed by atoms with Crippen LogP contribution in [0.1, 0.15) is 256 Å². The first-order chi connectivity index (χ1) is 36.6. The second kappa shape index (κ2) is 158. The maximum atomic E-state index is 5.30.